The molecule has 1 amide bonds. The molecule has 2 aliphatic heterocycles. The average Bonchev–Trinajstić information content (AvgIpc) is 2.25. The van der Waals surface area contributed by atoms with E-state index in [0.717, 1.165) is 0 Å². The molecule has 0 unspecified atom stereocenters. The summed E-state index contributed by atoms with van der Waals surface area (Å²) < 4.78 is -0.0972. The summed E-state index contributed by atoms with van der Waals surface area (Å²) in [4.78, 5) is 10.1. The van der Waals surface area contributed by atoms with Gasteiger partial charge in [-0.1, -0.05) is 0 Å². The summed E-state index contributed by atoms with van der Waals surface area (Å²) in [7, 11) is 3.20. The lowest BCUT2D eigenvalue weighted by atomic mass is 10.9. The minimum absolute atomic E-state index is 0.0972. The van der Waals surface area contributed by atoms with Crippen LogP contribution in [0.3, 0.4) is 0 Å². The Kier molecular flexibility index (Phi) is 0.325. The fourth-order valence-corrected chi connectivity index (χ4v) is 1.73. The van der Waals surface area contributed by atoms with Crippen LogP contribution >= 0.6 is 21.6 Å². The predicted molar refractivity (Wildman–Crippen MR) is 26.1 cm³/mol. The highest BCUT2D eigenvalue weighted by Crippen LogP contribution is 2.69. The van der Waals surface area contributed by atoms with E-state index in [1.165, 1.54) is 0 Å². The second kappa shape index (κ2) is 0.607. The first-order valence-electron chi connectivity index (χ1n) is 1.53. The van der Waals surface area contributed by atoms with Crippen LogP contribution in [0.5, 0.6) is 0 Å². The highest BCUT2D eigenvalue weighted by Gasteiger charge is 2.67. The maximum absolute atomic E-state index is 10.1. The summed E-state index contributed by atoms with van der Waals surface area (Å²) in [5, 5.41) is 2.67. The molecule has 1 N–H and O–H groups in total. The fraction of sp³-hybridized carbons (Fsp3) is 0.500. The predicted octanol–water partition coefficient (Wildman–Crippen LogP) is 0.165. The lowest BCUT2D eigenvalue weighted by molar-refractivity contribution is -0.110. The third-order valence-electron chi connectivity index (χ3n) is 0.765. The van der Waals surface area contributed by atoms with Crippen molar-refractivity contribution in [3.63, 3.8) is 0 Å². The molecule has 2 saturated heterocycles. The third-order valence-corrected chi connectivity index (χ3v) is 3.34. The van der Waals surface area contributed by atoms with Crippen LogP contribution in [0.2, 0.25) is 0 Å². The second-order valence-electron chi connectivity index (χ2n) is 1.24. The molecule has 2 rings (SSSR count). The van der Waals surface area contributed by atoms with Gasteiger partial charge in [0.2, 0.25) is 4.20 Å². The molecule has 0 bridgehead atoms. The lowest BCUT2D eigenvalue weighted by Crippen LogP contribution is -1.76. The normalized spacial score (nSPS) is 33.0. The quantitative estimate of drug-likeness (QED) is 0.365. The van der Waals surface area contributed by atoms with E-state index >= 15 is 0 Å². The summed E-state index contributed by atoms with van der Waals surface area (Å²) in [6.45, 7) is 0. The summed E-state index contributed by atoms with van der Waals surface area (Å²) in [5.41, 5.74) is 0. The van der Waals surface area contributed by atoms with Crippen molar-refractivity contribution >= 4 is 27.5 Å². The second-order valence-corrected chi connectivity index (χ2v) is 4.05. The maximum Gasteiger partial charge on any atom is 0.271 e. The van der Waals surface area contributed by atoms with Crippen LogP contribution < -0.4 is 5.32 Å². The van der Waals surface area contributed by atoms with Crippen molar-refractivity contribution in [2.75, 3.05) is 0 Å². The van der Waals surface area contributed by atoms with Gasteiger partial charge >= 0.3 is 0 Å². The molecule has 0 radical (unpaired) electrons. The first-order valence-corrected chi connectivity index (χ1v) is 3.68. The largest absolute Gasteiger partial charge is 0.320 e. The van der Waals surface area contributed by atoms with E-state index in [0.29, 0.717) is 0 Å². The Hall–Kier alpha value is 0.170. The van der Waals surface area contributed by atoms with Crippen LogP contribution in [0.25, 0.3) is 0 Å². The van der Waals surface area contributed by atoms with Crippen LogP contribution in [0.4, 0.5) is 0 Å². The van der Waals surface area contributed by atoms with Crippen molar-refractivity contribution in [2.45, 2.75) is 4.20 Å². The van der Waals surface area contributed by atoms with Crippen LogP contribution in [0.15, 0.2) is 0 Å². The van der Waals surface area contributed by atoms with Gasteiger partial charge < -0.3 is 5.32 Å². The Balaban J connectivity index is 2.36. The molecule has 32 valence electrons. The Morgan fingerprint density at radius 2 is 2.17 bits per heavy atom. The van der Waals surface area contributed by atoms with E-state index in [1.54, 1.807) is 21.6 Å². The zero-order valence-corrected chi connectivity index (χ0v) is 4.36. The maximum atomic E-state index is 10.1. The van der Waals surface area contributed by atoms with Gasteiger partial charge in [-0.05, 0) is 21.6 Å². The molecule has 2 nitrogen and oxygen atoms in total. The summed E-state index contributed by atoms with van der Waals surface area (Å²) in [5.74, 6) is 0.192. The Labute approximate surface area is 42.5 Å². The Morgan fingerprint density at radius 3 is 2.17 bits per heavy atom. The Morgan fingerprint density at radius 1 is 1.67 bits per heavy atom. The van der Waals surface area contributed by atoms with Crippen molar-refractivity contribution in [2.24, 2.45) is 0 Å². The van der Waals surface area contributed by atoms with Crippen LogP contribution in [0, 0.1) is 0 Å². The van der Waals surface area contributed by atoms with E-state index in [1.807, 2.05) is 0 Å². The molecule has 4 heteroatoms. The van der Waals surface area contributed by atoms with Gasteiger partial charge in [0, 0.05) is 0 Å². The average molecular weight is 119 g/mol. The molecule has 2 heterocycles. The molecule has 2 aliphatic rings. The summed E-state index contributed by atoms with van der Waals surface area (Å²) in [6, 6.07) is 0. The lowest BCUT2D eigenvalue weighted by Gasteiger charge is -1.48. The van der Waals surface area contributed by atoms with E-state index in [9.17, 15) is 4.79 Å². The van der Waals surface area contributed by atoms with Crippen molar-refractivity contribution in [3.8, 4) is 0 Å². The van der Waals surface area contributed by atoms with Gasteiger partial charge in [-0.3, -0.25) is 4.79 Å². The van der Waals surface area contributed by atoms with E-state index in [-0.39, 0.29) is 10.1 Å². The number of carbonyl (C=O) groups excluding carboxylic acids is 1. The van der Waals surface area contributed by atoms with Crippen molar-refractivity contribution in [1.29, 1.82) is 0 Å². The van der Waals surface area contributed by atoms with E-state index in [2.05, 4.69) is 5.32 Å². The molecule has 0 aromatic heterocycles. The number of carbonyl (C=O) groups is 1. The SMILES string of the molecule is O=C1NC12SS2. The molecule has 0 aromatic carbocycles. The minimum atomic E-state index is -0.0972. The first-order chi connectivity index (χ1) is 2.83. The van der Waals surface area contributed by atoms with E-state index < -0.39 is 0 Å². The van der Waals surface area contributed by atoms with Crippen LogP contribution in [-0.4, -0.2) is 10.1 Å². The standard InChI is InChI=1S/C2HNOS2/c4-1-2(3-1)5-6-2/h(H,3,4). The molecular formula is C2HNOS2. The minimum Gasteiger partial charge on any atom is -0.320 e. The van der Waals surface area contributed by atoms with Gasteiger partial charge in [0.05, 0.1) is 0 Å². The molecule has 1 spiro atoms. The van der Waals surface area contributed by atoms with E-state index in [4.69, 9.17) is 0 Å². The smallest absolute Gasteiger partial charge is 0.271 e. The van der Waals surface area contributed by atoms with Gasteiger partial charge in [-0.15, -0.1) is 0 Å². The molecule has 2 fully saturated rings. The molecule has 0 atom stereocenters. The topological polar surface area (TPSA) is 39.0 Å². The van der Waals surface area contributed by atoms with Crippen molar-refractivity contribution in [3.05, 3.63) is 0 Å². The van der Waals surface area contributed by atoms with Crippen molar-refractivity contribution < 1.29 is 4.79 Å². The monoisotopic (exact) mass is 119 g/mol. The Bertz CT molecular complexity index is 119. The summed E-state index contributed by atoms with van der Waals surface area (Å²) in [6.07, 6.45) is 0. The molecule has 0 aliphatic carbocycles. The fourth-order valence-electron chi connectivity index (χ4n) is 0.277. The van der Waals surface area contributed by atoms with Crippen molar-refractivity contribution in [1.82, 2.24) is 5.32 Å². The number of hydrogen-bond acceptors (Lipinski definition) is 3. The van der Waals surface area contributed by atoms with Gasteiger partial charge in [0.1, 0.15) is 0 Å². The zero-order chi connectivity index (χ0) is 4.20. The van der Waals surface area contributed by atoms with Crippen LogP contribution in [0.1, 0.15) is 0 Å². The number of amides is 1. The summed E-state index contributed by atoms with van der Waals surface area (Å²) >= 11 is 0. The van der Waals surface area contributed by atoms with Crippen LogP contribution in [-0.2, 0) is 4.79 Å². The zero-order valence-electron chi connectivity index (χ0n) is 2.72. The number of rotatable bonds is 0. The van der Waals surface area contributed by atoms with Gasteiger partial charge in [-0.2, -0.15) is 0 Å². The van der Waals surface area contributed by atoms with Gasteiger partial charge in [0.25, 0.3) is 5.91 Å². The van der Waals surface area contributed by atoms with Gasteiger partial charge in [-0.25, -0.2) is 0 Å². The number of nitrogens with one attached hydrogen (secondary N) is 1. The molecular weight excluding hydrogens is 118 g/mol. The highest BCUT2D eigenvalue weighted by molar-refractivity contribution is 8.94. The molecule has 0 aromatic rings. The number of hydrogen-bond donors (Lipinski definition) is 1. The highest BCUT2D eigenvalue weighted by atomic mass is 33.2. The molecule has 0 saturated carbocycles. The third kappa shape index (κ3) is 0.209. The van der Waals surface area contributed by atoms with Gasteiger partial charge in [0.15, 0.2) is 0 Å². The molecule has 6 heavy (non-hydrogen) atoms. The first kappa shape index (κ1) is 3.21.